The van der Waals surface area contributed by atoms with Crippen LogP contribution in [0.25, 0.3) is 0 Å². The van der Waals surface area contributed by atoms with Crippen LogP contribution in [0.4, 0.5) is 0 Å². The Morgan fingerprint density at radius 2 is 2.06 bits per heavy atom. The van der Waals surface area contributed by atoms with Gasteiger partial charge in [-0.15, -0.1) is 45.5 Å². The zero-order valence-corrected chi connectivity index (χ0v) is 21.7. The summed E-state index contributed by atoms with van der Waals surface area (Å²) in [5.74, 6) is 3.66. The lowest BCUT2D eigenvalue weighted by Gasteiger charge is -2.11. The number of nitrogens with one attached hydrogen (secondary N) is 2. The van der Waals surface area contributed by atoms with Gasteiger partial charge in [0.25, 0.3) is 0 Å². The normalized spacial score (nSPS) is 11.6. The van der Waals surface area contributed by atoms with Crippen molar-refractivity contribution in [2.75, 3.05) is 6.54 Å². The number of aliphatic imine (C=N–C) groups is 1. The van der Waals surface area contributed by atoms with Crippen molar-refractivity contribution in [1.82, 2.24) is 30.6 Å². The van der Waals surface area contributed by atoms with E-state index in [2.05, 4.69) is 62.3 Å². The number of nitrogens with zero attached hydrogens (tertiary/aromatic N) is 5. The number of rotatable bonds is 10. The molecule has 0 fully saturated rings. The molecular formula is C21H32IN7OS. The molecule has 170 valence electrons. The molecule has 0 saturated heterocycles. The Labute approximate surface area is 204 Å². The van der Waals surface area contributed by atoms with Gasteiger partial charge in [-0.2, -0.15) is 0 Å². The Hall–Kier alpha value is -1.95. The molecule has 0 atom stereocenters. The van der Waals surface area contributed by atoms with E-state index in [0.29, 0.717) is 25.0 Å². The van der Waals surface area contributed by atoms with Crippen molar-refractivity contribution in [2.45, 2.75) is 59.0 Å². The van der Waals surface area contributed by atoms with Crippen LogP contribution < -0.4 is 10.6 Å². The minimum absolute atomic E-state index is 0. The highest BCUT2D eigenvalue weighted by Crippen LogP contribution is 2.22. The second kappa shape index (κ2) is 12.8. The van der Waals surface area contributed by atoms with Crippen molar-refractivity contribution in [3.05, 3.63) is 51.6 Å². The van der Waals surface area contributed by atoms with Crippen LogP contribution in [0.3, 0.4) is 0 Å². The zero-order valence-electron chi connectivity index (χ0n) is 18.6. The van der Waals surface area contributed by atoms with E-state index in [1.807, 2.05) is 24.6 Å². The summed E-state index contributed by atoms with van der Waals surface area (Å²) in [6.07, 6.45) is 3.07. The SMILES string of the molecule is CCC(CC)c1cc(CNC(=NCc2nnc(C)n2C)NCCc2cccs2)on1.I. The highest BCUT2D eigenvalue weighted by atomic mass is 127. The Morgan fingerprint density at radius 3 is 2.71 bits per heavy atom. The average molecular weight is 558 g/mol. The monoisotopic (exact) mass is 557 g/mol. The molecule has 0 saturated carbocycles. The van der Waals surface area contributed by atoms with E-state index >= 15 is 0 Å². The Kier molecular flexibility index (Phi) is 10.4. The van der Waals surface area contributed by atoms with Gasteiger partial charge < -0.3 is 19.7 Å². The number of hydrogen-bond donors (Lipinski definition) is 2. The molecule has 0 aliphatic heterocycles. The van der Waals surface area contributed by atoms with Gasteiger partial charge in [0.15, 0.2) is 17.5 Å². The van der Waals surface area contributed by atoms with Crippen LogP contribution in [0.15, 0.2) is 33.1 Å². The number of guanidine groups is 1. The topological polar surface area (TPSA) is 93.2 Å². The third kappa shape index (κ3) is 7.30. The van der Waals surface area contributed by atoms with Crippen molar-refractivity contribution < 1.29 is 4.52 Å². The molecule has 0 aliphatic carbocycles. The van der Waals surface area contributed by atoms with Gasteiger partial charge >= 0.3 is 0 Å². The average Bonchev–Trinajstić information content (AvgIpc) is 3.49. The van der Waals surface area contributed by atoms with Crippen molar-refractivity contribution in [3.63, 3.8) is 0 Å². The first kappa shape index (κ1) is 25.3. The third-order valence-electron chi connectivity index (χ3n) is 5.22. The van der Waals surface area contributed by atoms with E-state index in [1.54, 1.807) is 11.3 Å². The number of hydrogen-bond acceptors (Lipinski definition) is 6. The molecular weight excluding hydrogens is 525 g/mol. The lowest BCUT2D eigenvalue weighted by molar-refractivity contribution is 0.368. The molecule has 3 aromatic heterocycles. The first-order chi connectivity index (χ1) is 14.6. The van der Waals surface area contributed by atoms with Crippen molar-refractivity contribution >= 4 is 41.3 Å². The molecule has 0 aliphatic rings. The van der Waals surface area contributed by atoms with Gasteiger partial charge in [0.2, 0.25) is 0 Å². The standard InChI is InChI=1S/C21H31N7OS.HI/c1-5-16(6-2)19-12-17(29-27-19)13-23-21(22-10-9-18-8-7-11-30-18)24-14-20-26-25-15(3)28(20)4;/h7-8,11-12,16H,5-6,9-10,13-14H2,1-4H3,(H2,22,23,24);1H. The second-order valence-corrected chi connectivity index (χ2v) is 8.26. The molecule has 3 aromatic rings. The number of aryl methyl sites for hydroxylation is 1. The van der Waals surface area contributed by atoms with Gasteiger partial charge in [0.1, 0.15) is 12.4 Å². The molecule has 0 radical (unpaired) electrons. The fourth-order valence-electron chi connectivity index (χ4n) is 3.15. The molecule has 0 aromatic carbocycles. The molecule has 10 heteroatoms. The molecule has 0 amide bonds. The molecule has 8 nitrogen and oxygen atoms in total. The fourth-order valence-corrected chi connectivity index (χ4v) is 3.86. The summed E-state index contributed by atoms with van der Waals surface area (Å²) in [5.41, 5.74) is 1.02. The zero-order chi connectivity index (χ0) is 21.3. The molecule has 3 heterocycles. The van der Waals surface area contributed by atoms with Gasteiger partial charge in [0.05, 0.1) is 12.2 Å². The quantitative estimate of drug-likeness (QED) is 0.221. The highest BCUT2D eigenvalue weighted by molar-refractivity contribution is 14.0. The molecule has 3 rings (SSSR count). The predicted octanol–water partition coefficient (Wildman–Crippen LogP) is 4.17. The number of halogens is 1. The van der Waals surface area contributed by atoms with Crippen LogP contribution in [0, 0.1) is 6.92 Å². The molecule has 0 bridgehead atoms. The van der Waals surface area contributed by atoms with Crippen LogP contribution in [0.5, 0.6) is 0 Å². The van der Waals surface area contributed by atoms with E-state index in [9.17, 15) is 0 Å². The summed E-state index contributed by atoms with van der Waals surface area (Å²) in [5, 5.41) is 21.4. The van der Waals surface area contributed by atoms with Crippen molar-refractivity contribution in [2.24, 2.45) is 12.0 Å². The van der Waals surface area contributed by atoms with Crippen molar-refractivity contribution in [3.8, 4) is 0 Å². The lowest BCUT2D eigenvalue weighted by Crippen LogP contribution is -2.38. The van der Waals surface area contributed by atoms with Crippen LogP contribution in [-0.2, 0) is 26.6 Å². The van der Waals surface area contributed by atoms with Crippen molar-refractivity contribution in [1.29, 1.82) is 0 Å². The van der Waals surface area contributed by atoms with Gasteiger partial charge in [-0.05, 0) is 37.6 Å². The van der Waals surface area contributed by atoms with Crippen LogP contribution in [0.1, 0.15) is 60.6 Å². The highest BCUT2D eigenvalue weighted by Gasteiger charge is 2.13. The fraction of sp³-hybridized carbons (Fsp3) is 0.524. The van der Waals surface area contributed by atoms with Gasteiger partial charge in [-0.1, -0.05) is 25.1 Å². The maximum atomic E-state index is 5.53. The van der Waals surface area contributed by atoms with Crippen LogP contribution >= 0.6 is 35.3 Å². The van der Waals surface area contributed by atoms with Gasteiger partial charge in [0, 0.05) is 30.5 Å². The van der Waals surface area contributed by atoms with E-state index in [0.717, 1.165) is 48.9 Å². The lowest BCUT2D eigenvalue weighted by atomic mass is 9.99. The maximum absolute atomic E-state index is 5.53. The second-order valence-electron chi connectivity index (χ2n) is 7.23. The Balaban J connectivity index is 0.00000341. The third-order valence-corrected chi connectivity index (χ3v) is 6.15. The summed E-state index contributed by atoms with van der Waals surface area (Å²) in [4.78, 5) is 6.03. The van der Waals surface area contributed by atoms with Crippen LogP contribution in [0.2, 0.25) is 0 Å². The maximum Gasteiger partial charge on any atom is 0.192 e. The largest absolute Gasteiger partial charge is 0.359 e. The van der Waals surface area contributed by atoms with E-state index in [1.165, 1.54) is 4.88 Å². The van der Waals surface area contributed by atoms with Gasteiger partial charge in [-0.3, -0.25) is 0 Å². The molecule has 0 unspecified atom stereocenters. The number of aromatic nitrogens is 4. The first-order valence-corrected chi connectivity index (χ1v) is 11.3. The van der Waals surface area contributed by atoms with E-state index in [-0.39, 0.29) is 24.0 Å². The first-order valence-electron chi connectivity index (χ1n) is 10.5. The minimum Gasteiger partial charge on any atom is -0.359 e. The van der Waals surface area contributed by atoms with Crippen LogP contribution in [-0.4, -0.2) is 32.4 Å². The number of thiophene rings is 1. The Bertz CT molecular complexity index is 932. The molecule has 31 heavy (non-hydrogen) atoms. The summed E-state index contributed by atoms with van der Waals surface area (Å²) < 4.78 is 7.48. The Morgan fingerprint density at radius 1 is 1.26 bits per heavy atom. The molecule has 0 spiro atoms. The predicted molar refractivity (Wildman–Crippen MR) is 135 cm³/mol. The van der Waals surface area contributed by atoms with E-state index in [4.69, 9.17) is 4.52 Å². The smallest absolute Gasteiger partial charge is 0.192 e. The summed E-state index contributed by atoms with van der Waals surface area (Å²) in [6.45, 7) is 8.05. The summed E-state index contributed by atoms with van der Waals surface area (Å²) >= 11 is 1.76. The van der Waals surface area contributed by atoms with E-state index < -0.39 is 0 Å². The minimum atomic E-state index is 0. The summed E-state index contributed by atoms with van der Waals surface area (Å²) in [7, 11) is 1.95. The summed E-state index contributed by atoms with van der Waals surface area (Å²) in [6, 6.07) is 6.26. The molecule has 2 N–H and O–H groups in total. The van der Waals surface area contributed by atoms with Gasteiger partial charge in [-0.25, -0.2) is 4.99 Å².